The van der Waals surface area contributed by atoms with E-state index >= 15 is 0 Å². The zero-order valence-electron chi connectivity index (χ0n) is 36.9. The van der Waals surface area contributed by atoms with Crippen LogP contribution in [0.1, 0.15) is 164 Å². The molecule has 0 radical (unpaired) electrons. The van der Waals surface area contributed by atoms with Crippen LogP contribution in [0.2, 0.25) is 0 Å². The van der Waals surface area contributed by atoms with Gasteiger partial charge in [0.25, 0.3) is 0 Å². The molecular weight excluding hydrogens is 609 g/mol. The summed E-state index contributed by atoms with van der Waals surface area (Å²) in [5, 5.41) is 10.9. The molecule has 0 spiro atoms. The second kappa shape index (κ2) is 17.3. The van der Waals surface area contributed by atoms with E-state index in [2.05, 4.69) is 168 Å². The second-order valence-electron chi connectivity index (χ2n) is 19.3. The van der Waals surface area contributed by atoms with Gasteiger partial charge < -0.3 is 5.11 Å². The van der Waals surface area contributed by atoms with Crippen molar-refractivity contribution in [1.82, 2.24) is 9.97 Å². The number of aliphatic hydroxyl groups is 1. The van der Waals surface area contributed by atoms with Gasteiger partial charge in [-0.1, -0.05) is 179 Å². The third kappa shape index (κ3) is 12.0. The van der Waals surface area contributed by atoms with Crippen LogP contribution in [0.15, 0.2) is 83.8 Å². The zero-order valence-corrected chi connectivity index (χ0v) is 36.9. The first-order valence-electron chi connectivity index (χ1n) is 19.1. The molecule has 3 heteroatoms. The molecule has 0 aromatic carbocycles. The fourth-order valence-electron chi connectivity index (χ4n) is 5.96. The van der Waals surface area contributed by atoms with E-state index in [0.717, 1.165) is 22.9 Å². The first-order valence-corrected chi connectivity index (χ1v) is 19.1. The fourth-order valence-corrected chi connectivity index (χ4v) is 5.96. The van der Waals surface area contributed by atoms with Crippen LogP contribution in [-0.4, -0.2) is 20.7 Å². The van der Waals surface area contributed by atoms with Gasteiger partial charge in [-0.25, -0.2) is 9.97 Å². The Balaban J connectivity index is 0.00000372. The summed E-state index contributed by atoms with van der Waals surface area (Å²) < 4.78 is 0. The molecule has 1 aliphatic carbocycles. The van der Waals surface area contributed by atoms with Crippen molar-refractivity contribution in [2.45, 2.75) is 169 Å². The molecule has 0 saturated heterocycles. The van der Waals surface area contributed by atoms with Crippen molar-refractivity contribution in [2.75, 3.05) is 0 Å². The SMILES string of the molecule is C=C/C(=C\C=C(/C(C)(C)C)C(C)(C)c1ncc(C(C)(C)C2=CC(C)(C)C=C(C(C)(C)C(C)C)C=C2)cn1)C(C)(C)C(C)(C)O.CC.CC(C)C. The Hall–Kier alpha value is -2.52. The second-order valence-corrected chi connectivity index (χ2v) is 19.3. The molecule has 1 aromatic heterocycles. The lowest BCUT2D eigenvalue weighted by Gasteiger charge is -2.39. The molecule has 1 N–H and O–H groups in total. The van der Waals surface area contributed by atoms with Crippen molar-refractivity contribution in [3.05, 3.63) is 95.2 Å². The third-order valence-electron chi connectivity index (χ3n) is 10.7. The van der Waals surface area contributed by atoms with Gasteiger partial charge in [0.15, 0.2) is 0 Å². The van der Waals surface area contributed by atoms with Gasteiger partial charge >= 0.3 is 0 Å². The highest BCUT2D eigenvalue weighted by Crippen LogP contribution is 2.45. The lowest BCUT2D eigenvalue weighted by Crippen LogP contribution is -2.39. The largest absolute Gasteiger partial charge is 0.390 e. The molecule has 1 heterocycles. The molecule has 0 atom stereocenters. The summed E-state index contributed by atoms with van der Waals surface area (Å²) in [6, 6.07) is 0. The predicted octanol–water partition coefficient (Wildman–Crippen LogP) is 13.7. The first kappa shape index (κ1) is 47.5. The number of rotatable bonds is 10. The summed E-state index contributed by atoms with van der Waals surface area (Å²) >= 11 is 0. The number of aromatic nitrogens is 2. The van der Waals surface area contributed by atoms with E-state index in [0.29, 0.717) is 5.92 Å². The maximum Gasteiger partial charge on any atom is 0.137 e. The third-order valence-corrected chi connectivity index (χ3v) is 10.7. The smallest absolute Gasteiger partial charge is 0.137 e. The molecule has 0 aliphatic heterocycles. The van der Waals surface area contributed by atoms with Crippen molar-refractivity contribution in [3.8, 4) is 0 Å². The average Bonchev–Trinajstić information content (AvgIpc) is 3.13. The summed E-state index contributed by atoms with van der Waals surface area (Å²) in [5.74, 6) is 2.16. The molecule has 0 bridgehead atoms. The Kier molecular flexibility index (Phi) is 16.5. The summed E-state index contributed by atoms with van der Waals surface area (Å²) in [4.78, 5) is 10.0. The number of hydrogen-bond donors (Lipinski definition) is 1. The van der Waals surface area contributed by atoms with Crippen molar-refractivity contribution in [1.29, 1.82) is 0 Å². The van der Waals surface area contributed by atoms with E-state index < -0.39 is 16.4 Å². The van der Waals surface area contributed by atoms with E-state index in [1.54, 1.807) is 0 Å². The fraction of sp³-hybridized carbons (Fsp3) is 0.660. The van der Waals surface area contributed by atoms with Gasteiger partial charge in [-0.3, -0.25) is 0 Å². The molecule has 0 fully saturated rings. The maximum absolute atomic E-state index is 10.9. The molecule has 284 valence electrons. The van der Waals surface area contributed by atoms with Crippen LogP contribution < -0.4 is 0 Å². The Labute approximate surface area is 311 Å². The van der Waals surface area contributed by atoms with E-state index in [4.69, 9.17) is 9.97 Å². The quantitative estimate of drug-likeness (QED) is 0.249. The number of allylic oxidation sites excluding steroid dienone is 10. The molecule has 1 aliphatic rings. The molecule has 2 rings (SSSR count). The van der Waals surface area contributed by atoms with Crippen molar-refractivity contribution in [2.24, 2.45) is 33.5 Å². The number of hydrogen-bond acceptors (Lipinski definition) is 3. The summed E-state index contributed by atoms with van der Waals surface area (Å²) in [6.07, 6.45) is 19.7. The van der Waals surface area contributed by atoms with Gasteiger partial charge in [-0.2, -0.15) is 0 Å². The average molecular weight is 689 g/mol. The first-order chi connectivity index (χ1) is 22.4. The van der Waals surface area contributed by atoms with Crippen molar-refractivity contribution in [3.63, 3.8) is 0 Å². The van der Waals surface area contributed by atoms with Crippen LogP contribution in [0.3, 0.4) is 0 Å². The van der Waals surface area contributed by atoms with E-state index in [-0.39, 0.29) is 21.7 Å². The maximum atomic E-state index is 10.9. The molecule has 1 aromatic rings. The van der Waals surface area contributed by atoms with E-state index in [9.17, 15) is 5.11 Å². The molecule has 0 saturated carbocycles. The normalized spacial score (nSPS) is 16.5. The monoisotopic (exact) mass is 689 g/mol. The minimum absolute atomic E-state index is 0.0790. The van der Waals surface area contributed by atoms with Crippen molar-refractivity contribution >= 4 is 0 Å². The zero-order chi connectivity index (χ0) is 39.9. The molecule has 3 nitrogen and oxygen atoms in total. The molecule has 0 unspecified atom stereocenters. The van der Waals surface area contributed by atoms with Crippen molar-refractivity contribution < 1.29 is 5.11 Å². The van der Waals surface area contributed by atoms with Gasteiger partial charge in [-0.15, -0.1) is 0 Å². The van der Waals surface area contributed by atoms with Gasteiger partial charge in [0.2, 0.25) is 0 Å². The Morgan fingerprint density at radius 1 is 0.740 bits per heavy atom. The molecular formula is C47H80N2O. The lowest BCUT2D eigenvalue weighted by molar-refractivity contribution is -0.0118. The Bertz CT molecular complexity index is 1400. The van der Waals surface area contributed by atoms with Crippen LogP contribution >= 0.6 is 0 Å². The van der Waals surface area contributed by atoms with Crippen LogP contribution in [0, 0.1) is 33.5 Å². The molecule has 50 heavy (non-hydrogen) atoms. The highest BCUT2D eigenvalue weighted by molar-refractivity contribution is 5.46. The predicted molar refractivity (Wildman–Crippen MR) is 224 cm³/mol. The topological polar surface area (TPSA) is 46.0 Å². The molecule has 0 amide bonds. The number of nitrogens with zero attached hydrogens (tertiary/aromatic N) is 2. The van der Waals surface area contributed by atoms with E-state index in [1.807, 2.05) is 46.2 Å². The minimum Gasteiger partial charge on any atom is -0.390 e. The Morgan fingerprint density at radius 2 is 1.16 bits per heavy atom. The summed E-state index contributed by atoms with van der Waals surface area (Å²) in [5.41, 5.74) is 3.76. The van der Waals surface area contributed by atoms with Crippen LogP contribution in [0.4, 0.5) is 0 Å². The minimum atomic E-state index is -0.899. The van der Waals surface area contributed by atoms with Gasteiger partial charge in [-0.05, 0) is 72.6 Å². The summed E-state index contributed by atoms with van der Waals surface area (Å²) in [7, 11) is 0. The standard InChI is InChI=1S/C41H64N2O.C4H10.C2H6/c1-19-29(40(15,16)41(17,18)44)22-23-33(35(4,5)6)39(13,14)34-42-26-32(27-43-34)38(11,12)31-21-20-30(24-36(7,8)25-31)37(9,10)28(2)3;1-4(2)3;1-2/h19-28,44H,1H2,2-18H3;4H,1-3H3;1-2H3/b29-22+,33-23+;;. The van der Waals surface area contributed by atoms with E-state index in [1.165, 1.54) is 16.7 Å². The van der Waals surface area contributed by atoms with Gasteiger partial charge in [0.1, 0.15) is 5.82 Å². The lowest BCUT2D eigenvalue weighted by atomic mass is 9.68. The van der Waals surface area contributed by atoms with Crippen LogP contribution in [0.5, 0.6) is 0 Å². The van der Waals surface area contributed by atoms with Crippen LogP contribution in [-0.2, 0) is 10.8 Å². The van der Waals surface area contributed by atoms with Gasteiger partial charge in [0.05, 0.1) is 5.60 Å². The van der Waals surface area contributed by atoms with Gasteiger partial charge in [0, 0.05) is 34.1 Å². The summed E-state index contributed by atoms with van der Waals surface area (Å²) in [6.45, 7) is 51.9. The highest BCUT2D eigenvalue weighted by atomic mass is 16.3. The highest BCUT2D eigenvalue weighted by Gasteiger charge is 2.39. The van der Waals surface area contributed by atoms with Crippen LogP contribution in [0.25, 0.3) is 0 Å². The Morgan fingerprint density at radius 3 is 1.54 bits per heavy atom.